The van der Waals surface area contributed by atoms with Gasteiger partial charge < -0.3 is 0 Å². The number of hydrogen-bond acceptors (Lipinski definition) is 5. The summed E-state index contributed by atoms with van der Waals surface area (Å²) in [5, 5.41) is 8.66. The Balaban J connectivity index is 2.58. The maximum absolute atomic E-state index is 12.1. The summed E-state index contributed by atoms with van der Waals surface area (Å²) in [4.78, 5) is 2.09. The molecule has 1 heterocycles. The van der Waals surface area contributed by atoms with Gasteiger partial charge in [0.05, 0.1) is 11.5 Å². The molecule has 0 amide bonds. The van der Waals surface area contributed by atoms with Crippen molar-refractivity contribution in [1.29, 1.82) is 5.26 Å². The van der Waals surface area contributed by atoms with Gasteiger partial charge in [-0.05, 0) is 33.2 Å². The molecule has 19 heavy (non-hydrogen) atoms. The smallest absolute Gasteiger partial charge is 0.166 e. The molecule has 1 atom stereocenters. The fourth-order valence-electron chi connectivity index (χ4n) is 2.17. The highest BCUT2D eigenvalue weighted by molar-refractivity contribution is 8.01. The Labute approximate surface area is 121 Å². The van der Waals surface area contributed by atoms with Crippen molar-refractivity contribution in [2.75, 3.05) is 30.3 Å². The number of nitriles is 1. The fraction of sp³-hybridized carbons (Fsp3) is 0.923. The first-order valence-electron chi connectivity index (χ1n) is 6.77. The Morgan fingerprint density at radius 3 is 2.74 bits per heavy atom. The zero-order valence-electron chi connectivity index (χ0n) is 12.1. The van der Waals surface area contributed by atoms with Crippen LogP contribution < -0.4 is 0 Å². The molecule has 1 rings (SSSR count). The summed E-state index contributed by atoms with van der Waals surface area (Å²) in [6, 6.07) is 2.29. The van der Waals surface area contributed by atoms with Crippen LogP contribution in [-0.4, -0.2) is 49.0 Å². The second-order valence-electron chi connectivity index (χ2n) is 5.62. The first-order chi connectivity index (χ1) is 8.82. The summed E-state index contributed by atoms with van der Waals surface area (Å²) >= 11 is 1.72. The lowest BCUT2D eigenvalue weighted by Gasteiger charge is -2.35. The van der Waals surface area contributed by atoms with E-state index >= 15 is 0 Å². The number of hydrogen-bond donors (Lipinski definition) is 0. The SMILES string of the molecule is CCS(=O)(=O)C1CSCCN1CCCC(C)(C)C#N. The first kappa shape index (κ1) is 16.8. The van der Waals surface area contributed by atoms with E-state index < -0.39 is 9.84 Å². The van der Waals surface area contributed by atoms with E-state index in [4.69, 9.17) is 5.26 Å². The van der Waals surface area contributed by atoms with E-state index in [0.717, 1.165) is 31.7 Å². The molecule has 1 saturated heterocycles. The molecule has 6 heteroatoms. The number of sulfone groups is 1. The Kier molecular flexibility index (Phi) is 6.15. The van der Waals surface area contributed by atoms with Crippen molar-refractivity contribution in [1.82, 2.24) is 4.90 Å². The molecule has 0 aliphatic carbocycles. The van der Waals surface area contributed by atoms with Crippen molar-refractivity contribution in [2.24, 2.45) is 5.41 Å². The summed E-state index contributed by atoms with van der Waals surface area (Å²) < 4.78 is 24.1. The fourth-order valence-corrected chi connectivity index (χ4v) is 5.28. The minimum atomic E-state index is -3.00. The Hall–Kier alpha value is -0.250. The van der Waals surface area contributed by atoms with Crippen LogP contribution in [0.5, 0.6) is 0 Å². The third-order valence-electron chi connectivity index (χ3n) is 3.56. The number of rotatable bonds is 6. The summed E-state index contributed by atoms with van der Waals surface area (Å²) in [5.41, 5.74) is -0.316. The van der Waals surface area contributed by atoms with Crippen LogP contribution in [-0.2, 0) is 9.84 Å². The third-order valence-corrected chi connectivity index (χ3v) is 6.89. The Bertz CT molecular complexity index is 426. The summed E-state index contributed by atoms with van der Waals surface area (Å²) in [5.74, 6) is 1.88. The maximum atomic E-state index is 12.1. The van der Waals surface area contributed by atoms with E-state index in [-0.39, 0.29) is 16.5 Å². The van der Waals surface area contributed by atoms with E-state index in [0.29, 0.717) is 5.75 Å². The predicted octanol–water partition coefficient (Wildman–Crippen LogP) is 2.13. The highest BCUT2D eigenvalue weighted by Crippen LogP contribution is 2.24. The van der Waals surface area contributed by atoms with Crippen LogP contribution in [0.3, 0.4) is 0 Å². The maximum Gasteiger partial charge on any atom is 0.166 e. The van der Waals surface area contributed by atoms with Crippen LogP contribution in [0.15, 0.2) is 0 Å². The largest absolute Gasteiger partial charge is 0.286 e. The molecule has 1 fully saturated rings. The zero-order chi connectivity index (χ0) is 14.5. The minimum Gasteiger partial charge on any atom is -0.286 e. The Morgan fingerprint density at radius 2 is 2.16 bits per heavy atom. The normalized spacial score (nSPS) is 22.1. The average molecular weight is 304 g/mol. The van der Waals surface area contributed by atoms with Crippen LogP contribution >= 0.6 is 11.8 Å². The lowest BCUT2D eigenvalue weighted by molar-refractivity contribution is 0.252. The van der Waals surface area contributed by atoms with Crippen molar-refractivity contribution >= 4 is 21.6 Å². The molecule has 0 saturated carbocycles. The van der Waals surface area contributed by atoms with Gasteiger partial charge in [-0.2, -0.15) is 17.0 Å². The molecule has 0 aromatic heterocycles. The molecule has 1 aliphatic rings. The summed E-state index contributed by atoms with van der Waals surface area (Å²) in [6.45, 7) is 7.18. The van der Waals surface area contributed by atoms with E-state index in [1.165, 1.54) is 0 Å². The lowest BCUT2D eigenvalue weighted by atomic mass is 9.90. The number of thioether (sulfide) groups is 1. The number of nitrogens with zero attached hydrogens (tertiary/aromatic N) is 2. The first-order valence-corrected chi connectivity index (χ1v) is 9.64. The molecule has 0 bridgehead atoms. The summed E-state index contributed by atoms with van der Waals surface area (Å²) in [7, 11) is -3.00. The topological polar surface area (TPSA) is 61.2 Å². The molecule has 1 aliphatic heterocycles. The van der Waals surface area contributed by atoms with Gasteiger partial charge in [0.2, 0.25) is 0 Å². The van der Waals surface area contributed by atoms with Crippen molar-refractivity contribution in [2.45, 2.75) is 39.0 Å². The Morgan fingerprint density at radius 1 is 1.47 bits per heavy atom. The monoisotopic (exact) mass is 304 g/mol. The van der Waals surface area contributed by atoms with E-state index in [1.54, 1.807) is 18.7 Å². The highest BCUT2D eigenvalue weighted by atomic mass is 32.2. The third kappa shape index (κ3) is 4.97. The quantitative estimate of drug-likeness (QED) is 0.752. The molecule has 110 valence electrons. The molecule has 1 unspecified atom stereocenters. The molecule has 4 nitrogen and oxygen atoms in total. The van der Waals surface area contributed by atoms with Gasteiger partial charge in [0, 0.05) is 23.8 Å². The van der Waals surface area contributed by atoms with Gasteiger partial charge in [-0.25, -0.2) is 8.42 Å². The summed E-state index contributed by atoms with van der Waals surface area (Å²) in [6.07, 6.45) is 1.69. The van der Waals surface area contributed by atoms with E-state index in [2.05, 4.69) is 11.0 Å². The van der Waals surface area contributed by atoms with Gasteiger partial charge in [-0.3, -0.25) is 4.90 Å². The molecule has 0 aromatic rings. The van der Waals surface area contributed by atoms with Gasteiger partial charge in [0.25, 0.3) is 0 Å². The molecule has 0 spiro atoms. The van der Waals surface area contributed by atoms with Crippen LogP contribution in [0.4, 0.5) is 0 Å². The van der Waals surface area contributed by atoms with Crippen LogP contribution in [0.2, 0.25) is 0 Å². The minimum absolute atomic E-state index is 0.207. The lowest BCUT2D eigenvalue weighted by Crippen LogP contribution is -2.48. The molecular formula is C13H24N2O2S2. The molecular weight excluding hydrogens is 280 g/mol. The van der Waals surface area contributed by atoms with Crippen molar-refractivity contribution in [3.8, 4) is 6.07 Å². The van der Waals surface area contributed by atoms with E-state index in [9.17, 15) is 8.42 Å². The average Bonchev–Trinajstić information content (AvgIpc) is 2.39. The van der Waals surface area contributed by atoms with Gasteiger partial charge in [0.1, 0.15) is 5.37 Å². The van der Waals surface area contributed by atoms with Gasteiger partial charge in [-0.15, -0.1) is 0 Å². The van der Waals surface area contributed by atoms with Crippen LogP contribution in [0, 0.1) is 16.7 Å². The van der Waals surface area contributed by atoms with Gasteiger partial charge >= 0.3 is 0 Å². The highest BCUT2D eigenvalue weighted by Gasteiger charge is 2.32. The van der Waals surface area contributed by atoms with E-state index in [1.807, 2.05) is 13.8 Å². The zero-order valence-corrected chi connectivity index (χ0v) is 13.7. The van der Waals surface area contributed by atoms with Crippen LogP contribution in [0.25, 0.3) is 0 Å². The van der Waals surface area contributed by atoms with Crippen molar-refractivity contribution in [3.05, 3.63) is 0 Å². The van der Waals surface area contributed by atoms with Gasteiger partial charge in [-0.1, -0.05) is 6.92 Å². The van der Waals surface area contributed by atoms with Crippen LogP contribution in [0.1, 0.15) is 33.6 Å². The van der Waals surface area contributed by atoms with Crippen molar-refractivity contribution < 1.29 is 8.42 Å². The second kappa shape index (κ2) is 6.96. The molecule has 0 aromatic carbocycles. The molecule has 0 radical (unpaired) electrons. The predicted molar refractivity (Wildman–Crippen MR) is 80.8 cm³/mol. The standard InChI is InChI=1S/C13H24N2O2S2/c1-4-19(16,17)12-10-18-9-8-15(12)7-5-6-13(2,3)11-14/h12H,4-10H2,1-3H3. The van der Waals surface area contributed by atoms with Crippen molar-refractivity contribution in [3.63, 3.8) is 0 Å². The van der Waals surface area contributed by atoms with Gasteiger partial charge in [0.15, 0.2) is 9.84 Å². The second-order valence-corrected chi connectivity index (χ2v) is 9.21. The molecule has 0 N–H and O–H groups in total.